The third-order valence-electron chi connectivity index (χ3n) is 3.74. The standard InChI is InChI=1S/C18H26N2/c1-3-11-20(12-4-2)14-18(19)17-10-9-15-7-5-6-8-16(15)13-17/h5-10,13,18H,3-4,11-12,14,19H2,1-2H3. The van der Waals surface area contributed by atoms with Crippen molar-refractivity contribution >= 4 is 10.8 Å². The molecule has 2 nitrogen and oxygen atoms in total. The maximum absolute atomic E-state index is 6.41. The Morgan fingerprint density at radius 2 is 1.60 bits per heavy atom. The first-order valence-corrected chi connectivity index (χ1v) is 7.71. The van der Waals surface area contributed by atoms with Crippen molar-refractivity contribution in [2.75, 3.05) is 19.6 Å². The first-order chi connectivity index (χ1) is 9.74. The van der Waals surface area contributed by atoms with Crippen LogP contribution in [-0.2, 0) is 0 Å². The van der Waals surface area contributed by atoms with Crippen molar-refractivity contribution in [2.24, 2.45) is 5.73 Å². The first kappa shape index (κ1) is 15.0. The van der Waals surface area contributed by atoms with Gasteiger partial charge in [0.2, 0.25) is 0 Å². The van der Waals surface area contributed by atoms with Gasteiger partial charge in [0.05, 0.1) is 0 Å². The Bertz CT molecular complexity index is 530. The second-order valence-electron chi connectivity index (χ2n) is 5.51. The second-order valence-corrected chi connectivity index (χ2v) is 5.51. The maximum Gasteiger partial charge on any atom is 0.0424 e. The van der Waals surface area contributed by atoms with Gasteiger partial charge in [0.15, 0.2) is 0 Å². The normalized spacial score (nSPS) is 13.0. The molecule has 0 aromatic heterocycles. The van der Waals surface area contributed by atoms with Crippen molar-refractivity contribution in [3.63, 3.8) is 0 Å². The fraction of sp³-hybridized carbons (Fsp3) is 0.444. The van der Waals surface area contributed by atoms with Gasteiger partial charge in [-0.15, -0.1) is 0 Å². The minimum atomic E-state index is 0.0951. The molecule has 0 heterocycles. The molecule has 0 saturated heterocycles. The largest absolute Gasteiger partial charge is 0.323 e. The van der Waals surface area contributed by atoms with Gasteiger partial charge >= 0.3 is 0 Å². The summed E-state index contributed by atoms with van der Waals surface area (Å²) >= 11 is 0. The fourth-order valence-corrected chi connectivity index (χ4v) is 2.75. The molecule has 0 aliphatic carbocycles. The van der Waals surface area contributed by atoms with Gasteiger partial charge in [0.1, 0.15) is 0 Å². The zero-order valence-electron chi connectivity index (χ0n) is 12.7. The summed E-state index contributed by atoms with van der Waals surface area (Å²) in [7, 11) is 0. The summed E-state index contributed by atoms with van der Waals surface area (Å²) in [5.74, 6) is 0. The van der Waals surface area contributed by atoms with Gasteiger partial charge in [-0.3, -0.25) is 0 Å². The Morgan fingerprint density at radius 1 is 0.950 bits per heavy atom. The van der Waals surface area contributed by atoms with Crippen molar-refractivity contribution in [1.29, 1.82) is 0 Å². The molecule has 2 rings (SSSR count). The Morgan fingerprint density at radius 3 is 2.25 bits per heavy atom. The lowest BCUT2D eigenvalue weighted by Crippen LogP contribution is -2.33. The molecule has 108 valence electrons. The van der Waals surface area contributed by atoms with E-state index < -0.39 is 0 Å². The van der Waals surface area contributed by atoms with E-state index in [2.05, 4.69) is 61.2 Å². The lowest BCUT2D eigenvalue weighted by atomic mass is 10.0. The number of benzene rings is 2. The van der Waals surface area contributed by atoms with Crippen molar-refractivity contribution < 1.29 is 0 Å². The van der Waals surface area contributed by atoms with Gasteiger partial charge in [0, 0.05) is 12.6 Å². The number of hydrogen-bond acceptors (Lipinski definition) is 2. The van der Waals surface area contributed by atoms with Gasteiger partial charge in [-0.25, -0.2) is 0 Å². The molecule has 0 fully saturated rings. The average molecular weight is 270 g/mol. The Hall–Kier alpha value is -1.38. The second kappa shape index (κ2) is 7.41. The van der Waals surface area contributed by atoms with Crippen molar-refractivity contribution in [1.82, 2.24) is 4.90 Å². The number of fused-ring (bicyclic) bond motifs is 1. The van der Waals surface area contributed by atoms with Gasteiger partial charge in [-0.1, -0.05) is 50.2 Å². The van der Waals surface area contributed by atoms with Crippen LogP contribution in [-0.4, -0.2) is 24.5 Å². The van der Waals surface area contributed by atoms with Crippen LogP contribution in [0.25, 0.3) is 10.8 Å². The molecule has 1 atom stereocenters. The molecule has 0 spiro atoms. The molecule has 2 aromatic carbocycles. The highest BCUT2D eigenvalue weighted by Gasteiger charge is 2.11. The first-order valence-electron chi connectivity index (χ1n) is 7.71. The molecule has 0 amide bonds. The van der Waals surface area contributed by atoms with Crippen LogP contribution in [0.2, 0.25) is 0 Å². The van der Waals surface area contributed by atoms with Gasteiger partial charge < -0.3 is 10.6 Å². The van der Waals surface area contributed by atoms with Crippen LogP contribution in [0.5, 0.6) is 0 Å². The highest BCUT2D eigenvalue weighted by Crippen LogP contribution is 2.20. The van der Waals surface area contributed by atoms with Crippen LogP contribution in [0.4, 0.5) is 0 Å². The molecule has 0 saturated carbocycles. The smallest absolute Gasteiger partial charge is 0.0424 e. The Balaban J connectivity index is 2.11. The minimum Gasteiger partial charge on any atom is -0.323 e. The minimum absolute atomic E-state index is 0.0951. The van der Waals surface area contributed by atoms with Crippen LogP contribution in [0.15, 0.2) is 42.5 Å². The summed E-state index contributed by atoms with van der Waals surface area (Å²) < 4.78 is 0. The molecule has 2 N–H and O–H groups in total. The SMILES string of the molecule is CCCN(CCC)CC(N)c1ccc2ccccc2c1. The summed E-state index contributed by atoms with van der Waals surface area (Å²) in [6.45, 7) is 7.67. The molecule has 2 aromatic rings. The summed E-state index contributed by atoms with van der Waals surface area (Å²) in [6, 6.07) is 15.1. The predicted molar refractivity (Wildman–Crippen MR) is 87.9 cm³/mol. The monoisotopic (exact) mass is 270 g/mol. The topological polar surface area (TPSA) is 29.3 Å². The summed E-state index contributed by atoms with van der Waals surface area (Å²) in [6.07, 6.45) is 2.37. The van der Waals surface area contributed by atoms with E-state index in [4.69, 9.17) is 5.73 Å². The van der Waals surface area contributed by atoms with Gasteiger partial charge in [-0.05, 0) is 48.3 Å². The Labute approximate surface area is 122 Å². The predicted octanol–water partition coefficient (Wildman–Crippen LogP) is 3.96. The van der Waals surface area contributed by atoms with E-state index in [9.17, 15) is 0 Å². The van der Waals surface area contributed by atoms with Crippen molar-refractivity contribution in [2.45, 2.75) is 32.7 Å². The highest BCUT2D eigenvalue weighted by atomic mass is 15.1. The molecule has 0 radical (unpaired) electrons. The zero-order chi connectivity index (χ0) is 14.4. The van der Waals surface area contributed by atoms with E-state index in [0.29, 0.717) is 0 Å². The van der Waals surface area contributed by atoms with Crippen molar-refractivity contribution in [3.05, 3.63) is 48.0 Å². The molecule has 0 bridgehead atoms. The lowest BCUT2D eigenvalue weighted by molar-refractivity contribution is 0.258. The van der Waals surface area contributed by atoms with E-state index in [-0.39, 0.29) is 6.04 Å². The van der Waals surface area contributed by atoms with E-state index in [1.165, 1.54) is 29.2 Å². The Kier molecular flexibility index (Phi) is 5.57. The third-order valence-corrected chi connectivity index (χ3v) is 3.74. The molecule has 1 unspecified atom stereocenters. The van der Waals surface area contributed by atoms with Gasteiger partial charge in [0.25, 0.3) is 0 Å². The van der Waals surface area contributed by atoms with Crippen molar-refractivity contribution in [3.8, 4) is 0 Å². The molecule has 0 aliphatic heterocycles. The average Bonchev–Trinajstić information content (AvgIpc) is 2.47. The summed E-state index contributed by atoms with van der Waals surface area (Å²) in [4.78, 5) is 2.47. The van der Waals surface area contributed by atoms with E-state index in [1.807, 2.05) is 0 Å². The number of rotatable bonds is 7. The zero-order valence-corrected chi connectivity index (χ0v) is 12.7. The van der Waals surface area contributed by atoms with Crippen LogP contribution in [0.3, 0.4) is 0 Å². The number of nitrogens with zero attached hydrogens (tertiary/aromatic N) is 1. The quantitative estimate of drug-likeness (QED) is 0.825. The van der Waals surface area contributed by atoms with Crippen LogP contribution >= 0.6 is 0 Å². The van der Waals surface area contributed by atoms with E-state index in [0.717, 1.165) is 19.6 Å². The summed E-state index contributed by atoms with van der Waals surface area (Å²) in [5.41, 5.74) is 7.64. The van der Waals surface area contributed by atoms with Crippen LogP contribution in [0, 0.1) is 0 Å². The van der Waals surface area contributed by atoms with E-state index >= 15 is 0 Å². The van der Waals surface area contributed by atoms with Gasteiger partial charge in [-0.2, -0.15) is 0 Å². The molecule has 0 aliphatic rings. The highest BCUT2D eigenvalue weighted by molar-refractivity contribution is 5.83. The summed E-state index contributed by atoms with van der Waals surface area (Å²) in [5, 5.41) is 2.56. The number of hydrogen-bond donors (Lipinski definition) is 1. The molecule has 20 heavy (non-hydrogen) atoms. The third kappa shape index (κ3) is 3.81. The molecule has 2 heteroatoms. The maximum atomic E-state index is 6.41. The molecular formula is C18H26N2. The molecular weight excluding hydrogens is 244 g/mol. The lowest BCUT2D eigenvalue weighted by Gasteiger charge is -2.25. The van der Waals surface area contributed by atoms with Crippen LogP contribution < -0.4 is 5.73 Å². The van der Waals surface area contributed by atoms with Crippen LogP contribution in [0.1, 0.15) is 38.3 Å². The number of nitrogens with two attached hydrogens (primary N) is 1. The van der Waals surface area contributed by atoms with E-state index in [1.54, 1.807) is 0 Å². The fourth-order valence-electron chi connectivity index (χ4n) is 2.75.